The maximum atomic E-state index is 12.7. The number of carbonyl (C=O) groups is 1. The number of nitrogens with one attached hydrogen (secondary N) is 1. The van der Waals surface area contributed by atoms with E-state index in [2.05, 4.69) is 10.5 Å². The van der Waals surface area contributed by atoms with Crippen LogP contribution in [0.3, 0.4) is 0 Å². The number of nitrogens with zero attached hydrogens (tertiary/aromatic N) is 2. The molecule has 2 aromatic rings. The average Bonchev–Trinajstić information content (AvgIpc) is 2.69. The van der Waals surface area contributed by atoms with Crippen molar-refractivity contribution >= 4 is 22.1 Å². The molecule has 0 radical (unpaired) electrons. The van der Waals surface area contributed by atoms with Crippen LogP contribution >= 0.6 is 0 Å². The third-order valence-electron chi connectivity index (χ3n) is 4.30. The van der Waals surface area contributed by atoms with Gasteiger partial charge in [-0.2, -0.15) is 9.41 Å². The predicted octanol–water partition coefficient (Wildman–Crippen LogP) is 2.33. The standard InChI is InChI=1S/C19H21N3O4S/c23-17-8-4-6-15(12-17)14-20-21-19(24)16-7-5-9-18(13-16)27(25,26)22-10-2-1-3-11-22/h4-9,12-14,23H,1-3,10-11H2,(H,21,24)/b20-14+. The van der Waals surface area contributed by atoms with Crippen LogP contribution in [-0.4, -0.2) is 43.0 Å². The Kier molecular flexibility index (Phi) is 5.88. The van der Waals surface area contributed by atoms with Gasteiger partial charge in [-0.15, -0.1) is 0 Å². The van der Waals surface area contributed by atoms with Gasteiger partial charge in [-0.1, -0.05) is 24.6 Å². The van der Waals surface area contributed by atoms with Crippen molar-refractivity contribution in [2.45, 2.75) is 24.2 Å². The molecule has 0 aliphatic carbocycles. The second kappa shape index (κ2) is 8.32. The number of amides is 1. The molecular weight excluding hydrogens is 366 g/mol. The van der Waals surface area contributed by atoms with Gasteiger partial charge in [0, 0.05) is 18.7 Å². The van der Waals surface area contributed by atoms with Crippen LogP contribution in [0.15, 0.2) is 58.5 Å². The molecule has 1 amide bonds. The minimum atomic E-state index is -3.60. The molecule has 2 aromatic carbocycles. The highest BCUT2D eigenvalue weighted by atomic mass is 32.2. The fourth-order valence-electron chi connectivity index (χ4n) is 2.89. The Bertz CT molecular complexity index is 951. The van der Waals surface area contributed by atoms with Crippen molar-refractivity contribution in [2.24, 2.45) is 5.10 Å². The molecule has 0 atom stereocenters. The molecule has 0 aromatic heterocycles. The van der Waals surface area contributed by atoms with E-state index in [1.54, 1.807) is 18.2 Å². The highest BCUT2D eigenvalue weighted by Gasteiger charge is 2.26. The minimum Gasteiger partial charge on any atom is -0.508 e. The molecule has 1 heterocycles. The number of hydrogen-bond acceptors (Lipinski definition) is 5. The first kappa shape index (κ1) is 19.1. The first-order valence-corrected chi connectivity index (χ1v) is 10.1. The van der Waals surface area contributed by atoms with E-state index in [1.165, 1.54) is 40.9 Å². The van der Waals surface area contributed by atoms with Crippen molar-refractivity contribution in [3.05, 3.63) is 59.7 Å². The molecule has 7 nitrogen and oxygen atoms in total. The van der Waals surface area contributed by atoms with Gasteiger partial charge < -0.3 is 5.11 Å². The summed E-state index contributed by atoms with van der Waals surface area (Å²) in [4.78, 5) is 12.4. The van der Waals surface area contributed by atoms with E-state index >= 15 is 0 Å². The van der Waals surface area contributed by atoms with E-state index in [0.29, 0.717) is 18.7 Å². The number of hydrazone groups is 1. The fourth-order valence-corrected chi connectivity index (χ4v) is 4.45. The average molecular weight is 387 g/mol. The topological polar surface area (TPSA) is 99.1 Å². The normalized spacial score (nSPS) is 15.7. The summed E-state index contributed by atoms with van der Waals surface area (Å²) in [6.45, 7) is 1.01. The van der Waals surface area contributed by atoms with Crippen LogP contribution < -0.4 is 5.43 Å². The molecule has 0 unspecified atom stereocenters. The summed E-state index contributed by atoms with van der Waals surface area (Å²) in [6.07, 6.45) is 4.13. The molecule has 0 bridgehead atoms. The molecule has 27 heavy (non-hydrogen) atoms. The van der Waals surface area contributed by atoms with Crippen LogP contribution in [0.2, 0.25) is 0 Å². The van der Waals surface area contributed by atoms with Crippen LogP contribution in [-0.2, 0) is 10.0 Å². The number of rotatable bonds is 5. The highest BCUT2D eigenvalue weighted by Crippen LogP contribution is 2.21. The first-order chi connectivity index (χ1) is 13.0. The Morgan fingerprint density at radius 3 is 2.56 bits per heavy atom. The van der Waals surface area contributed by atoms with Crippen LogP contribution in [0.5, 0.6) is 5.75 Å². The van der Waals surface area contributed by atoms with Crippen molar-refractivity contribution in [3.63, 3.8) is 0 Å². The van der Waals surface area contributed by atoms with Crippen LogP contribution in [0.25, 0.3) is 0 Å². The van der Waals surface area contributed by atoms with E-state index in [0.717, 1.165) is 19.3 Å². The van der Waals surface area contributed by atoms with Gasteiger partial charge in [-0.05, 0) is 48.7 Å². The van der Waals surface area contributed by atoms with Gasteiger partial charge in [-0.25, -0.2) is 13.8 Å². The Morgan fingerprint density at radius 1 is 1.07 bits per heavy atom. The van der Waals surface area contributed by atoms with Crippen molar-refractivity contribution < 1.29 is 18.3 Å². The smallest absolute Gasteiger partial charge is 0.271 e. The van der Waals surface area contributed by atoms with Crippen molar-refractivity contribution in [1.29, 1.82) is 0 Å². The lowest BCUT2D eigenvalue weighted by atomic mass is 10.2. The molecule has 2 N–H and O–H groups in total. The lowest BCUT2D eigenvalue weighted by Gasteiger charge is -2.25. The summed E-state index contributed by atoms with van der Waals surface area (Å²) in [6, 6.07) is 12.4. The van der Waals surface area contributed by atoms with Gasteiger partial charge in [0.05, 0.1) is 11.1 Å². The van der Waals surface area contributed by atoms with Crippen LogP contribution in [0, 0.1) is 0 Å². The van der Waals surface area contributed by atoms with E-state index in [-0.39, 0.29) is 16.2 Å². The lowest BCUT2D eigenvalue weighted by molar-refractivity contribution is 0.0955. The molecule has 1 aliphatic rings. The van der Waals surface area contributed by atoms with Crippen molar-refractivity contribution in [2.75, 3.05) is 13.1 Å². The zero-order chi connectivity index (χ0) is 19.3. The molecular formula is C19H21N3O4S. The Labute approximate surface area is 158 Å². The zero-order valence-electron chi connectivity index (χ0n) is 14.7. The summed E-state index contributed by atoms with van der Waals surface area (Å²) < 4.78 is 26.9. The number of carbonyl (C=O) groups excluding carboxylic acids is 1. The number of hydrogen-bond donors (Lipinski definition) is 2. The van der Waals surface area contributed by atoms with Gasteiger partial charge in [0.25, 0.3) is 5.91 Å². The maximum Gasteiger partial charge on any atom is 0.271 e. The number of aromatic hydroxyl groups is 1. The number of sulfonamides is 1. The van der Waals surface area contributed by atoms with Gasteiger partial charge in [0.2, 0.25) is 10.0 Å². The van der Waals surface area contributed by atoms with Crippen LogP contribution in [0.4, 0.5) is 0 Å². The summed E-state index contributed by atoms with van der Waals surface area (Å²) in [7, 11) is -3.60. The molecule has 1 saturated heterocycles. The van der Waals surface area contributed by atoms with E-state index in [4.69, 9.17) is 0 Å². The second-order valence-electron chi connectivity index (χ2n) is 6.29. The quantitative estimate of drug-likeness (QED) is 0.608. The lowest BCUT2D eigenvalue weighted by Crippen LogP contribution is -2.35. The van der Waals surface area contributed by atoms with Crippen molar-refractivity contribution in [1.82, 2.24) is 9.73 Å². The van der Waals surface area contributed by atoms with Crippen molar-refractivity contribution in [3.8, 4) is 5.75 Å². The molecule has 3 rings (SSSR count). The molecule has 1 aliphatic heterocycles. The van der Waals surface area contributed by atoms with E-state index in [9.17, 15) is 18.3 Å². The zero-order valence-corrected chi connectivity index (χ0v) is 15.5. The van der Waals surface area contributed by atoms with Gasteiger partial charge in [0.1, 0.15) is 5.75 Å². The molecule has 142 valence electrons. The van der Waals surface area contributed by atoms with E-state index in [1.807, 2.05) is 0 Å². The van der Waals surface area contributed by atoms with Gasteiger partial charge in [-0.3, -0.25) is 4.79 Å². The molecule has 0 saturated carbocycles. The largest absolute Gasteiger partial charge is 0.508 e. The Hall–Kier alpha value is -2.71. The first-order valence-electron chi connectivity index (χ1n) is 8.69. The maximum absolute atomic E-state index is 12.7. The van der Waals surface area contributed by atoms with E-state index < -0.39 is 15.9 Å². The molecule has 1 fully saturated rings. The SMILES string of the molecule is O=C(N/N=C/c1cccc(O)c1)c1cccc(S(=O)(=O)N2CCCCC2)c1. The van der Waals surface area contributed by atoms with Gasteiger partial charge >= 0.3 is 0 Å². The molecule has 0 spiro atoms. The summed E-state index contributed by atoms with van der Waals surface area (Å²) in [5.41, 5.74) is 3.20. The summed E-state index contributed by atoms with van der Waals surface area (Å²) >= 11 is 0. The van der Waals surface area contributed by atoms with Gasteiger partial charge in [0.15, 0.2) is 0 Å². The van der Waals surface area contributed by atoms with Crippen LogP contribution in [0.1, 0.15) is 35.2 Å². The third kappa shape index (κ3) is 4.72. The number of benzene rings is 2. The summed E-state index contributed by atoms with van der Waals surface area (Å²) in [5.74, 6) is -0.414. The second-order valence-corrected chi connectivity index (χ2v) is 8.22. The number of phenols is 1. The third-order valence-corrected chi connectivity index (χ3v) is 6.19. The summed E-state index contributed by atoms with van der Waals surface area (Å²) in [5, 5.41) is 13.2. The number of piperidine rings is 1. The molecule has 8 heteroatoms. The monoisotopic (exact) mass is 387 g/mol. The predicted molar refractivity (Wildman–Crippen MR) is 102 cm³/mol. The fraction of sp³-hybridized carbons (Fsp3) is 0.263. The highest BCUT2D eigenvalue weighted by molar-refractivity contribution is 7.89. The minimum absolute atomic E-state index is 0.0981. The Balaban J connectivity index is 1.72. The Morgan fingerprint density at radius 2 is 1.81 bits per heavy atom. The number of phenolic OH excluding ortho intramolecular Hbond substituents is 1.